The molecule has 1 spiro atoms. The second-order valence-corrected chi connectivity index (χ2v) is 8.45. The van der Waals surface area contributed by atoms with E-state index in [2.05, 4.69) is 5.32 Å². The molecule has 11 heteroatoms. The van der Waals surface area contributed by atoms with E-state index in [0.717, 1.165) is 0 Å². The number of Topliss-reactive ketones (excluding diaryl/α,β-unsaturated/α-hetero) is 1. The number of hydrogen-bond acceptors (Lipinski definition) is 9. The van der Waals surface area contributed by atoms with E-state index in [1.165, 1.54) is 38.5 Å². The number of carbonyl (C=O) groups is 2. The molecule has 2 N–H and O–H groups in total. The molecule has 2 aromatic rings. The Kier molecular flexibility index (Phi) is 5.92. The predicted molar refractivity (Wildman–Crippen MR) is 122 cm³/mol. The van der Waals surface area contributed by atoms with Crippen molar-refractivity contribution in [1.29, 1.82) is 0 Å². The van der Waals surface area contributed by atoms with Crippen molar-refractivity contribution >= 4 is 46.1 Å². The van der Waals surface area contributed by atoms with Crippen LogP contribution in [-0.4, -0.2) is 36.6 Å². The quantitative estimate of drug-likeness (QED) is 0.453. The summed E-state index contributed by atoms with van der Waals surface area (Å²) in [4.78, 5) is 26.8. The summed E-state index contributed by atoms with van der Waals surface area (Å²) in [6, 6.07) is 5.82. The van der Waals surface area contributed by atoms with Gasteiger partial charge in [0.15, 0.2) is 5.75 Å². The molecule has 0 bridgehead atoms. The lowest BCUT2D eigenvalue weighted by molar-refractivity contribution is -0.129. The lowest BCUT2D eigenvalue weighted by Crippen LogP contribution is -2.55. The topological polar surface area (TPSA) is 120 Å². The van der Waals surface area contributed by atoms with E-state index in [9.17, 15) is 20.0 Å². The lowest BCUT2D eigenvalue weighted by Gasteiger charge is -2.35. The largest absolute Gasteiger partial charge is 0.733 e. The molecule has 4 rings (SSSR count). The Morgan fingerprint density at radius 2 is 1.91 bits per heavy atom. The van der Waals surface area contributed by atoms with Crippen LogP contribution in [-0.2, 0) is 4.79 Å². The molecule has 1 heterocycles. The third-order valence-electron chi connectivity index (χ3n) is 5.77. The number of ketones is 2. The molecular formula is C22H19Cl2N2O7-. The molecule has 174 valence electrons. The van der Waals surface area contributed by atoms with Crippen molar-refractivity contribution < 1.29 is 29.0 Å². The number of nitrogens with one attached hydrogen (secondary N) is 1. The first-order valence-electron chi connectivity index (χ1n) is 9.80. The van der Waals surface area contributed by atoms with E-state index < -0.39 is 23.1 Å². The maximum Gasteiger partial charge on any atom is 0.236 e. The number of carbonyl (C=O) groups excluding carboxylic acids is 2. The van der Waals surface area contributed by atoms with Crippen LogP contribution in [0.2, 0.25) is 10.0 Å². The number of rotatable bonds is 5. The minimum absolute atomic E-state index is 0.0451. The Morgan fingerprint density at radius 3 is 2.52 bits per heavy atom. The fourth-order valence-corrected chi connectivity index (χ4v) is 4.59. The molecule has 33 heavy (non-hydrogen) atoms. The summed E-state index contributed by atoms with van der Waals surface area (Å²) in [6.07, 6.45) is 1.55. The SMILES string of the molecule is COc1cc(OC)c2c(c1Cl)OC1(C(=O)C=C(Nc3ccc(Cl)c(N([O-])O)c3)CC1C)C2=O. The van der Waals surface area contributed by atoms with Crippen LogP contribution in [0.25, 0.3) is 0 Å². The number of methoxy groups -OCH3 is 2. The van der Waals surface area contributed by atoms with Crippen molar-refractivity contribution in [2.45, 2.75) is 18.9 Å². The summed E-state index contributed by atoms with van der Waals surface area (Å²) in [5, 5.41) is 23.3. The normalized spacial score (nSPS) is 21.4. The summed E-state index contributed by atoms with van der Waals surface area (Å²) in [6.45, 7) is 1.72. The smallest absolute Gasteiger partial charge is 0.236 e. The fourth-order valence-electron chi connectivity index (χ4n) is 4.14. The Hall–Kier alpha value is -2.98. The molecular weight excluding hydrogens is 475 g/mol. The van der Waals surface area contributed by atoms with Crippen molar-refractivity contribution in [3.8, 4) is 17.2 Å². The van der Waals surface area contributed by atoms with Gasteiger partial charge in [-0.3, -0.25) is 14.8 Å². The maximum absolute atomic E-state index is 13.5. The van der Waals surface area contributed by atoms with Crippen LogP contribution in [0.3, 0.4) is 0 Å². The van der Waals surface area contributed by atoms with Crippen LogP contribution < -0.4 is 24.8 Å². The Morgan fingerprint density at radius 1 is 1.21 bits per heavy atom. The number of hydrogen-bond donors (Lipinski definition) is 2. The van der Waals surface area contributed by atoms with Crippen molar-refractivity contribution in [1.82, 2.24) is 0 Å². The van der Waals surface area contributed by atoms with E-state index >= 15 is 0 Å². The van der Waals surface area contributed by atoms with Gasteiger partial charge in [0.2, 0.25) is 17.2 Å². The fraction of sp³-hybridized carbons (Fsp3) is 0.273. The van der Waals surface area contributed by atoms with Gasteiger partial charge in [0, 0.05) is 29.4 Å². The van der Waals surface area contributed by atoms with E-state index in [1.54, 1.807) is 13.0 Å². The number of halogens is 2. The zero-order chi connectivity index (χ0) is 24.1. The first-order valence-corrected chi connectivity index (χ1v) is 10.6. The van der Waals surface area contributed by atoms with E-state index in [1.807, 2.05) is 0 Å². The van der Waals surface area contributed by atoms with Crippen LogP contribution in [0.1, 0.15) is 23.7 Å². The van der Waals surface area contributed by atoms with Crippen LogP contribution in [0.4, 0.5) is 11.4 Å². The highest BCUT2D eigenvalue weighted by atomic mass is 35.5. The average molecular weight is 494 g/mol. The molecule has 0 aromatic heterocycles. The number of allylic oxidation sites excluding steroid dienone is 1. The highest BCUT2D eigenvalue weighted by Gasteiger charge is 2.60. The van der Waals surface area contributed by atoms with Crippen LogP contribution in [0.15, 0.2) is 36.0 Å². The first-order chi connectivity index (χ1) is 15.6. The molecule has 1 aliphatic heterocycles. The van der Waals surface area contributed by atoms with Crippen molar-refractivity contribution in [3.05, 3.63) is 56.9 Å². The van der Waals surface area contributed by atoms with Gasteiger partial charge >= 0.3 is 0 Å². The molecule has 2 atom stereocenters. The molecule has 2 aromatic carbocycles. The van der Waals surface area contributed by atoms with Gasteiger partial charge in [-0.2, -0.15) is 0 Å². The van der Waals surface area contributed by atoms with Crippen molar-refractivity contribution in [2.75, 3.05) is 24.8 Å². The summed E-state index contributed by atoms with van der Waals surface area (Å²) < 4.78 is 16.6. The van der Waals surface area contributed by atoms with E-state index in [4.69, 9.17) is 37.4 Å². The maximum atomic E-state index is 13.5. The average Bonchev–Trinajstić information content (AvgIpc) is 3.09. The van der Waals surface area contributed by atoms with Gasteiger partial charge in [-0.1, -0.05) is 30.1 Å². The zero-order valence-corrected chi connectivity index (χ0v) is 19.3. The van der Waals surface area contributed by atoms with Crippen molar-refractivity contribution in [2.24, 2.45) is 5.92 Å². The van der Waals surface area contributed by atoms with E-state index in [-0.39, 0.29) is 50.2 Å². The molecule has 1 aliphatic carbocycles. The standard InChI is InChI=1S/C22H19Cl2N2O7/c1-10-6-12(25-11-4-5-13(23)14(7-11)26(29)30)8-17(27)22(10)21(28)18-15(31-2)9-16(32-3)19(24)20(18)33-22/h4-5,7-10,25,29H,6H2,1-3H3/q-1. The summed E-state index contributed by atoms with van der Waals surface area (Å²) >= 11 is 12.3. The number of nitrogens with zero attached hydrogens (tertiary/aromatic N) is 1. The van der Waals surface area contributed by atoms with Gasteiger partial charge in [-0.05, 0) is 24.6 Å². The monoisotopic (exact) mass is 493 g/mol. The summed E-state index contributed by atoms with van der Waals surface area (Å²) in [7, 11) is 2.81. The Bertz CT molecular complexity index is 1200. The first kappa shape index (κ1) is 23.2. The van der Waals surface area contributed by atoms with Crippen molar-refractivity contribution in [3.63, 3.8) is 0 Å². The van der Waals surface area contributed by atoms with Gasteiger partial charge in [0.05, 0.1) is 24.9 Å². The Labute approximate surface area is 199 Å². The third-order valence-corrected chi connectivity index (χ3v) is 6.44. The molecule has 0 amide bonds. The highest BCUT2D eigenvalue weighted by molar-refractivity contribution is 6.36. The summed E-state index contributed by atoms with van der Waals surface area (Å²) in [5.74, 6) is -1.19. The molecule has 9 nitrogen and oxygen atoms in total. The molecule has 2 unspecified atom stereocenters. The predicted octanol–water partition coefficient (Wildman–Crippen LogP) is 4.62. The zero-order valence-electron chi connectivity index (χ0n) is 17.8. The highest BCUT2D eigenvalue weighted by Crippen LogP contribution is 2.53. The van der Waals surface area contributed by atoms with E-state index in [0.29, 0.717) is 11.4 Å². The second kappa shape index (κ2) is 8.42. The molecule has 0 saturated carbocycles. The van der Waals surface area contributed by atoms with Gasteiger partial charge in [-0.15, -0.1) is 0 Å². The minimum Gasteiger partial charge on any atom is -0.733 e. The third kappa shape index (κ3) is 3.57. The van der Waals surface area contributed by atoms with Gasteiger partial charge in [0.1, 0.15) is 22.1 Å². The van der Waals surface area contributed by atoms with Gasteiger partial charge in [-0.25, -0.2) is 0 Å². The Balaban J connectivity index is 1.69. The minimum atomic E-state index is -1.79. The summed E-state index contributed by atoms with van der Waals surface area (Å²) in [5.41, 5.74) is -0.949. The van der Waals surface area contributed by atoms with Crippen LogP contribution in [0.5, 0.6) is 17.2 Å². The molecule has 0 saturated heterocycles. The van der Waals surface area contributed by atoms with Crippen LogP contribution in [0, 0.1) is 11.1 Å². The number of fused-ring (bicyclic) bond motifs is 1. The van der Waals surface area contributed by atoms with Gasteiger partial charge in [0.25, 0.3) is 0 Å². The molecule has 0 fully saturated rings. The molecule has 0 radical (unpaired) electrons. The second-order valence-electron chi connectivity index (χ2n) is 7.67. The molecule has 2 aliphatic rings. The lowest BCUT2D eigenvalue weighted by atomic mass is 9.74. The van der Waals surface area contributed by atoms with Crippen LogP contribution >= 0.6 is 23.2 Å². The number of anilines is 2. The number of ether oxygens (including phenoxy) is 3. The number of benzene rings is 2. The van der Waals surface area contributed by atoms with Gasteiger partial charge < -0.3 is 30.0 Å².